The lowest BCUT2D eigenvalue weighted by Gasteiger charge is -2.26. The molecule has 2 aromatic heterocycles. The van der Waals surface area contributed by atoms with Gasteiger partial charge in [0.05, 0.1) is 30.0 Å². The molecule has 0 saturated carbocycles. The number of fused-ring (bicyclic) bond motifs is 1. The molecule has 1 aliphatic heterocycles. The van der Waals surface area contributed by atoms with Gasteiger partial charge in [0.25, 0.3) is 0 Å². The van der Waals surface area contributed by atoms with Crippen LogP contribution in [-0.4, -0.2) is 64.0 Å². The van der Waals surface area contributed by atoms with Crippen molar-refractivity contribution >= 4 is 22.8 Å². The number of hydrogen-bond acceptors (Lipinski definition) is 7. The second kappa shape index (κ2) is 9.08. The van der Waals surface area contributed by atoms with Crippen LogP contribution in [0.25, 0.3) is 28.0 Å². The number of rotatable bonds is 6. The Morgan fingerprint density at radius 3 is 2.58 bits per heavy atom. The maximum Gasteiger partial charge on any atom is 0.225 e. The summed E-state index contributed by atoms with van der Waals surface area (Å²) in [5, 5.41) is 8.09. The molecule has 0 aliphatic carbocycles. The van der Waals surface area contributed by atoms with Gasteiger partial charge in [0.15, 0.2) is 17.3 Å². The summed E-state index contributed by atoms with van der Waals surface area (Å²) in [5.41, 5.74) is 7.61. The Balaban J connectivity index is 1.57. The number of nitrogens with zero attached hydrogens (tertiary/aromatic N) is 5. The number of nitrogens with two attached hydrogens (primary N) is 1. The minimum Gasteiger partial charge on any atom is -0.383 e. The molecular formula is C23H23F2N7O. The molecule has 3 N–H and O–H groups in total. The summed E-state index contributed by atoms with van der Waals surface area (Å²) in [6.45, 7) is 4.49. The predicted molar refractivity (Wildman–Crippen MR) is 122 cm³/mol. The molecule has 1 fully saturated rings. The maximum atomic E-state index is 14.8. The van der Waals surface area contributed by atoms with Crippen molar-refractivity contribution < 1.29 is 13.5 Å². The molecule has 1 saturated heterocycles. The third kappa shape index (κ3) is 4.22. The van der Waals surface area contributed by atoms with E-state index in [1.54, 1.807) is 0 Å². The number of anilines is 2. The fourth-order valence-electron chi connectivity index (χ4n) is 3.89. The van der Waals surface area contributed by atoms with E-state index in [9.17, 15) is 8.78 Å². The number of halogens is 2. The minimum absolute atomic E-state index is 0.00191. The van der Waals surface area contributed by atoms with E-state index in [0.29, 0.717) is 30.8 Å². The zero-order chi connectivity index (χ0) is 22.8. The Labute approximate surface area is 189 Å². The van der Waals surface area contributed by atoms with Crippen LogP contribution in [0.4, 0.5) is 20.5 Å². The normalized spacial score (nSPS) is 14.6. The highest BCUT2D eigenvalue weighted by Gasteiger charge is 2.22. The molecule has 0 amide bonds. The highest BCUT2D eigenvalue weighted by molar-refractivity contribution is 5.99. The predicted octanol–water partition coefficient (Wildman–Crippen LogP) is 3.09. The van der Waals surface area contributed by atoms with Gasteiger partial charge in [-0.2, -0.15) is 4.98 Å². The van der Waals surface area contributed by atoms with E-state index in [1.807, 2.05) is 30.3 Å². The molecular weight excluding hydrogens is 428 g/mol. The molecule has 3 heterocycles. The van der Waals surface area contributed by atoms with Crippen molar-refractivity contribution in [2.45, 2.75) is 0 Å². The summed E-state index contributed by atoms with van der Waals surface area (Å²) in [6, 6.07) is 13.3. The minimum atomic E-state index is -0.997. The van der Waals surface area contributed by atoms with Crippen LogP contribution < -0.4 is 11.1 Å². The Kier molecular flexibility index (Phi) is 5.84. The number of morpholine rings is 1. The SMILES string of the molecule is Nc1c2c(-c3cccc(F)c3F)nc(NCCN3CCOCC3)nc2nn1-c1ccccc1. The molecule has 10 heteroatoms. The van der Waals surface area contributed by atoms with E-state index in [-0.39, 0.29) is 23.0 Å². The van der Waals surface area contributed by atoms with Gasteiger partial charge in [-0.3, -0.25) is 4.90 Å². The van der Waals surface area contributed by atoms with E-state index in [1.165, 1.54) is 16.8 Å². The van der Waals surface area contributed by atoms with Crippen LogP contribution in [0.1, 0.15) is 0 Å². The van der Waals surface area contributed by atoms with E-state index < -0.39 is 11.6 Å². The smallest absolute Gasteiger partial charge is 0.225 e. The molecule has 0 spiro atoms. The molecule has 1 aliphatic rings. The Morgan fingerprint density at radius 1 is 1.00 bits per heavy atom. The molecule has 0 bridgehead atoms. The van der Waals surface area contributed by atoms with Gasteiger partial charge >= 0.3 is 0 Å². The van der Waals surface area contributed by atoms with Crippen LogP contribution >= 0.6 is 0 Å². The fourth-order valence-corrected chi connectivity index (χ4v) is 3.89. The van der Waals surface area contributed by atoms with Crippen molar-refractivity contribution in [1.29, 1.82) is 0 Å². The van der Waals surface area contributed by atoms with Gasteiger partial charge in [-0.25, -0.2) is 18.4 Å². The van der Waals surface area contributed by atoms with Gasteiger partial charge in [-0.15, -0.1) is 5.10 Å². The second-order valence-electron chi connectivity index (χ2n) is 7.71. The molecule has 0 atom stereocenters. The van der Waals surface area contributed by atoms with Crippen molar-refractivity contribution in [2.24, 2.45) is 0 Å². The van der Waals surface area contributed by atoms with Crippen LogP contribution in [0, 0.1) is 11.6 Å². The number of aromatic nitrogens is 4. The quantitative estimate of drug-likeness (QED) is 0.465. The molecule has 170 valence electrons. The first kappa shape index (κ1) is 21.2. The van der Waals surface area contributed by atoms with Crippen molar-refractivity contribution in [3.05, 3.63) is 60.2 Å². The molecule has 0 radical (unpaired) electrons. The van der Waals surface area contributed by atoms with Crippen LogP contribution in [0.15, 0.2) is 48.5 Å². The number of hydrogen-bond donors (Lipinski definition) is 2. The highest BCUT2D eigenvalue weighted by atomic mass is 19.2. The van der Waals surface area contributed by atoms with Crippen LogP contribution in [-0.2, 0) is 4.74 Å². The molecule has 4 aromatic rings. The van der Waals surface area contributed by atoms with E-state index >= 15 is 0 Å². The summed E-state index contributed by atoms with van der Waals surface area (Å²) in [7, 11) is 0. The molecule has 5 rings (SSSR count). The van der Waals surface area contributed by atoms with Gasteiger partial charge in [0.1, 0.15) is 5.82 Å². The van der Waals surface area contributed by atoms with Crippen molar-refractivity contribution in [3.8, 4) is 16.9 Å². The van der Waals surface area contributed by atoms with Gasteiger partial charge < -0.3 is 15.8 Å². The number of para-hydroxylation sites is 1. The topological polar surface area (TPSA) is 94.1 Å². The van der Waals surface area contributed by atoms with Crippen LogP contribution in [0.3, 0.4) is 0 Å². The standard InChI is InChI=1S/C23H23F2N7O/c24-17-8-4-7-16(19(17)25)20-18-21(26)32(15-5-2-1-3-6-15)30-22(18)29-23(28-20)27-9-10-31-11-13-33-14-12-31/h1-8H,9-14,26H2,(H,27,29,30). The van der Waals surface area contributed by atoms with Crippen LogP contribution in [0.2, 0.25) is 0 Å². The lowest BCUT2D eigenvalue weighted by atomic mass is 10.1. The molecule has 2 aromatic carbocycles. The number of nitrogen functional groups attached to an aromatic ring is 1. The third-order valence-corrected chi connectivity index (χ3v) is 5.59. The summed E-state index contributed by atoms with van der Waals surface area (Å²) in [5.74, 6) is -1.44. The summed E-state index contributed by atoms with van der Waals surface area (Å²) < 4.78 is 35.7. The van der Waals surface area contributed by atoms with Crippen molar-refractivity contribution in [1.82, 2.24) is 24.6 Å². The average molecular weight is 451 g/mol. The number of ether oxygens (including phenoxy) is 1. The summed E-state index contributed by atoms with van der Waals surface area (Å²) >= 11 is 0. The highest BCUT2D eigenvalue weighted by Crippen LogP contribution is 2.34. The van der Waals surface area contributed by atoms with Gasteiger partial charge in [0, 0.05) is 31.7 Å². The Bertz CT molecular complexity index is 1270. The van der Waals surface area contributed by atoms with E-state index in [4.69, 9.17) is 10.5 Å². The summed E-state index contributed by atoms with van der Waals surface area (Å²) in [6.07, 6.45) is 0. The van der Waals surface area contributed by atoms with E-state index in [0.717, 1.165) is 31.4 Å². The summed E-state index contributed by atoms with van der Waals surface area (Å²) in [4.78, 5) is 11.3. The largest absolute Gasteiger partial charge is 0.383 e. The van der Waals surface area contributed by atoms with Gasteiger partial charge in [0.2, 0.25) is 5.95 Å². The average Bonchev–Trinajstić information content (AvgIpc) is 3.18. The third-order valence-electron chi connectivity index (χ3n) is 5.59. The first-order chi connectivity index (χ1) is 16.1. The zero-order valence-corrected chi connectivity index (χ0v) is 17.8. The van der Waals surface area contributed by atoms with Gasteiger partial charge in [-0.05, 0) is 24.3 Å². The lowest BCUT2D eigenvalue weighted by molar-refractivity contribution is 0.0398. The Hall–Kier alpha value is -3.63. The zero-order valence-electron chi connectivity index (χ0n) is 17.8. The van der Waals surface area contributed by atoms with Crippen molar-refractivity contribution in [2.75, 3.05) is 50.4 Å². The lowest BCUT2D eigenvalue weighted by Crippen LogP contribution is -2.39. The fraction of sp³-hybridized carbons (Fsp3) is 0.261. The van der Waals surface area contributed by atoms with Gasteiger partial charge in [-0.1, -0.05) is 24.3 Å². The van der Waals surface area contributed by atoms with Crippen molar-refractivity contribution in [3.63, 3.8) is 0 Å². The molecule has 0 unspecified atom stereocenters. The second-order valence-corrected chi connectivity index (χ2v) is 7.71. The first-order valence-corrected chi connectivity index (χ1v) is 10.7. The number of nitrogens with one attached hydrogen (secondary N) is 1. The van der Waals surface area contributed by atoms with Crippen LogP contribution in [0.5, 0.6) is 0 Å². The molecule has 8 nitrogen and oxygen atoms in total. The monoisotopic (exact) mass is 451 g/mol. The van der Waals surface area contributed by atoms with E-state index in [2.05, 4.69) is 25.3 Å². The number of benzene rings is 2. The first-order valence-electron chi connectivity index (χ1n) is 10.7. The maximum absolute atomic E-state index is 14.8. The molecule has 33 heavy (non-hydrogen) atoms. The Morgan fingerprint density at radius 2 is 1.79 bits per heavy atom.